The van der Waals surface area contributed by atoms with E-state index < -0.39 is 0 Å². The molecule has 1 unspecified atom stereocenters. The van der Waals surface area contributed by atoms with Crippen LogP contribution in [0.5, 0.6) is 0 Å². The zero-order chi connectivity index (χ0) is 16.4. The fraction of sp³-hybridized carbons (Fsp3) is 0.294. The van der Waals surface area contributed by atoms with Gasteiger partial charge in [0.2, 0.25) is 11.7 Å². The summed E-state index contributed by atoms with van der Waals surface area (Å²) in [5.41, 5.74) is 1.89. The highest BCUT2D eigenvalue weighted by molar-refractivity contribution is 5.54. The number of rotatable bonds is 4. The van der Waals surface area contributed by atoms with E-state index in [0.717, 1.165) is 25.3 Å². The van der Waals surface area contributed by atoms with Gasteiger partial charge in [0.05, 0.1) is 5.92 Å². The van der Waals surface area contributed by atoms with E-state index in [1.165, 1.54) is 12.0 Å². The summed E-state index contributed by atoms with van der Waals surface area (Å²) in [5, 5.41) is 7.06. The molecule has 122 valence electrons. The number of anilines is 2. The molecule has 24 heavy (non-hydrogen) atoms. The maximum atomic E-state index is 5.49. The molecular formula is C17H18N6O. The van der Waals surface area contributed by atoms with Crippen LogP contribution in [0.2, 0.25) is 0 Å². The maximum Gasteiger partial charge on any atom is 0.231 e. The highest BCUT2D eigenvalue weighted by Gasteiger charge is 2.28. The van der Waals surface area contributed by atoms with Crippen molar-refractivity contribution < 1.29 is 4.52 Å². The lowest BCUT2D eigenvalue weighted by Crippen LogP contribution is -2.18. The van der Waals surface area contributed by atoms with Crippen molar-refractivity contribution in [3.8, 4) is 11.5 Å². The van der Waals surface area contributed by atoms with Gasteiger partial charge in [0.25, 0.3) is 0 Å². The minimum atomic E-state index is 0.247. The molecule has 1 atom stereocenters. The van der Waals surface area contributed by atoms with Gasteiger partial charge in [-0.1, -0.05) is 23.4 Å². The van der Waals surface area contributed by atoms with Gasteiger partial charge in [-0.15, -0.1) is 0 Å². The second-order valence-corrected chi connectivity index (χ2v) is 5.76. The van der Waals surface area contributed by atoms with Crippen LogP contribution in [0.3, 0.4) is 0 Å². The highest BCUT2D eigenvalue weighted by Crippen LogP contribution is 2.30. The van der Waals surface area contributed by atoms with Gasteiger partial charge in [-0.2, -0.15) is 4.98 Å². The molecule has 0 radical (unpaired) electrons. The van der Waals surface area contributed by atoms with Crippen LogP contribution in [0.4, 0.5) is 11.5 Å². The molecule has 1 aliphatic heterocycles. The average Bonchev–Trinajstić information content (AvgIpc) is 3.32. The molecule has 7 nitrogen and oxygen atoms in total. The third kappa shape index (κ3) is 2.80. The normalized spacial score (nSPS) is 17.2. The summed E-state index contributed by atoms with van der Waals surface area (Å²) in [6, 6.07) is 12.2. The summed E-state index contributed by atoms with van der Waals surface area (Å²) in [7, 11) is 1.81. The summed E-state index contributed by atoms with van der Waals surface area (Å²) in [6.07, 6.45) is 2.49. The molecule has 3 heterocycles. The second-order valence-electron chi connectivity index (χ2n) is 5.76. The van der Waals surface area contributed by atoms with E-state index in [0.29, 0.717) is 17.4 Å². The molecule has 2 aromatic heterocycles. The fourth-order valence-electron chi connectivity index (χ4n) is 2.96. The summed E-state index contributed by atoms with van der Waals surface area (Å²) >= 11 is 0. The zero-order valence-corrected chi connectivity index (χ0v) is 13.4. The molecule has 1 N–H and O–H groups in total. The van der Waals surface area contributed by atoms with E-state index in [1.54, 1.807) is 6.07 Å². The van der Waals surface area contributed by atoms with E-state index in [-0.39, 0.29) is 5.92 Å². The highest BCUT2D eigenvalue weighted by atomic mass is 16.5. The van der Waals surface area contributed by atoms with E-state index in [2.05, 4.69) is 54.6 Å². The van der Waals surface area contributed by atoms with Crippen molar-refractivity contribution in [2.75, 3.05) is 30.4 Å². The van der Waals surface area contributed by atoms with Gasteiger partial charge < -0.3 is 14.7 Å². The van der Waals surface area contributed by atoms with Crippen LogP contribution in [-0.2, 0) is 0 Å². The fourth-order valence-corrected chi connectivity index (χ4v) is 2.96. The minimum Gasteiger partial charge on any atom is -0.373 e. The van der Waals surface area contributed by atoms with E-state index in [9.17, 15) is 0 Å². The van der Waals surface area contributed by atoms with Crippen molar-refractivity contribution in [1.29, 1.82) is 0 Å². The van der Waals surface area contributed by atoms with Crippen LogP contribution < -0.4 is 10.2 Å². The number of nitrogens with one attached hydrogen (secondary N) is 1. The third-order valence-electron chi connectivity index (χ3n) is 4.25. The molecule has 0 saturated carbocycles. The van der Waals surface area contributed by atoms with Crippen LogP contribution in [0.25, 0.3) is 11.5 Å². The van der Waals surface area contributed by atoms with Gasteiger partial charge >= 0.3 is 0 Å². The molecule has 0 bridgehead atoms. The Balaban J connectivity index is 1.51. The smallest absolute Gasteiger partial charge is 0.231 e. The molecule has 7 heteroatoms. The first-order valence-electron chi connectivity index (χ1n) is 7.97. The number of hydrogen-bond donors (Lipinski definition) is 1. The van der Waals surface area contributed by atoms with Crippen LogP contribution in [0, 0.1) is 0 Å². The lowest BCUT2D eigenvalue weighted by Gasteiger charge is -2.17. The first kappa shape index (κ1) is 14.6. The summed E-state index contributed by atoms with van der Waals surface area (Å²) in [6.45, 7) is 1.88. The van der Waals surface area contributed by atoms with Gasteiger partial charge in [0.15, 0.2) is 0 Å². The van der Waals surface area contributed by atoms with Crippen molar-refractivity contribution in [3.63, 3.8) is 0 Å². The van der Waals surface area contributed by atoms with Crippen molar-refractivity contribution in [3.05, 3.63) is 48.6 Å². The first-order chi connectivity index (χ1) is 11.8. The Morgan fingerprint density at radius 2 is 2.08 bits per heavy atom. The summed E-state index contributed by atoms with van der Waals surface area (Å²) < 4.78 is 5.49. The van der Waals surface area contributed by atoms with E-state index in [4.69, 9.17) is 4.52 Å². The molecule has 1 saturated heterocycles. The largest absolute Gasteiger partial charge is 0.373 e. The van der Waals surface area contributed by atoms with Crippen LogP contribution in [0.1, 0.15) is 18.2 Å². The van der Waals surface area contributed by atoms with Crippen molar-refractivity contribution in [2.45, 2.75) is 12.3 Å². The summed E-state index contributed by atoms with van der Waals surface area (Å²) in [4.78, 5) is 15.2. The second kappa shape index (κ2) is 6.27. The van der Waals surface area contributed by atoms with Crippen LogP contribution >= 0.6 is 0 Å². The Labute approximate surface area is 139 Å². The Kier molecular flexibility index (Phi) is 3.82. The topological polar surface area (TPSA) is 80.0 Å². The molecule has 1 aliphatic rings. The van der Waals surface area contributed by atoms with Crippen molar-refractivity contribution >= 4 is 11.5 Å². The Morgan fingerprint density at radius 1 is 1.21 bits per heavy atom. The monoisotopic (exact) mass is 322 g/mol. The predicted octanol–water partition coefficient (Wildman–Crippen LogP) is 2.56. The number of aromatic nitrogens is 4. The van der Waals surface area contributed by atoms with Gasteiger partial charge in [0, 0.05) is 31.9 Å². The lowest BCUT2D eigenvalue weighted by molar-refractivity contribution is 0.360. The van der Waals surface area contributed by atoms with Gasteiger partial charge in [-0.3, -0.25) is 0 Å². The quantitative estimate of drug-likeness (QED) is 0.790. The van der Waals surface area contributed by atoms with Crippen LogP contribution in [0.15, 0.2) is 47.2 Å². The maximum absolute atomic E-state index is 5.49. The van der Waals surface area contributed by atoms with Gasteiger partial charge in [-0.25, -0.2) is 9.97 Å². The van der Waals surface area contributed by atoms with Crippen molar-refractivity contribution in [2.24, 2.45) is 0 Å². The van der Waals surface area contributed by atoms with Crippen LogP contribution in [-0.4, -0.2) is 40.2 Å². The standard InChI is InChI=1S/C17H18N6O/c1-18-15-9-14(19-11-20-15)16-21-17(24-22-16)12-7-8-23(10-12)13-5-3-2-4-6-13/h2-6,9,11-12H,7-8,10H2,1H3,(H,18,19,20). The Morgan fingerprint density at radius 3 is 2.92 bits per heavy atom. The number of nitrogens with zero attached hydrogens (tertiary/aromatic N) is 5. The number of benzene rings is 1. The molecule has 0 aliphatic carbocycles. The Hall–Kier alpha value is -2.96. The molecule has 0 spiro atoms. The third-order valence-corrected chi connectivity index (χ3v) is 4.25. The van der Waals surface area contributed by atoms with Gasteiger partial charge in [0.1, 0.15) is 17.8 Å². The number of hydrogen-bond acceptors (Lipinski definition) is 7. The van der Waals surface area contributed by atoms with Gasteiger partial charge in [-0.05, 0) is 18.6 Å². The number of para-hydroxylation sites is 1. The minimum absolute atomic E-state index is 0.247. The van der Waals surface area contributed by atoms with E-state index >= 15 is 0 Å². The molecular weight excluding hydrogens is 304 g/mol. The molecule has 1 fully saturated rings. The molecule has 0 amide bonds. The van der Waals surface area contributed by atoms with Crippen molar-refractivity contribution in [1.82, 2.24) is 20.1 Å². The average molecular weight is 322 g/mol. The zero-order valence-electron chi connectivity index (χ0n) is 13.4. The van der Waals surface area contributed by atoms with E-state index in [1.807, 2.05) is 13.1 Å². The molecule has 1 aromatic carbocycles. The SMILES string of the molecule is CNc1cc(-c2noc(C3CCN(c4ccccc4)C3)n2)ncn1. The summed E-state index contributed by atoms with van der Waals surface area (Å²) in [5.74, 6) is 2.15. The first-order valence-corrected chi connectivity index (χ1v) is 7.97. The predicted molar refractivity (Wildman–Crippen MR) is 90.9 cm³/mol. The molecule has 3 aromatic rings. The Bertz CT molecular complexity index is 819. The molecule has 4 rings (SSSR count). The lowest BCUT2D eigenvalue weighted by atomic mass is 10.1.